The quantitative estimate of drug-likeness (QED) is 0.464. The van der Waals surface area contributed by atoms with Crippen LogP contribution < -0.4 is 4.31 Å². The molecule has 180 valence electrons. The predicted molar refractivity (Wildman–Crippen MR) is 123 cm³/mol. The number of aliphatic hydroxyl groups excluding tert-OH is 2. The van der Waals surface area contributed by atoms with E-state index in [2.05, 4.69) is 9.97 Å². The Morgan fingerprint density at radius 3 is 2.42 bits per heavy atom. The van der Waals surface area contributed by atoms with Gasteiger partial charge in [-0.15, -0.1) is 0 Å². The van der Waals surface area contributed by atoms with Crippen molar-refractivity contribution in [2.75, 3.05) is 17.6 Å². The number of aromatic nitrogens is 2. The fourth-order valence-corrected chi connectivity index (χ4v) is 3.20. The lowest BCUT2D eigenvalue weighted by Gasteiger charge is -2.20. The molecule has 0 bridgehead atoms. The Kier molecular flexibility index (Phi) is 6.07. The SMILES string of the molecule is [2H]C([2H])([2H])C(c1nc(N(C)S(C)(=O)=O)nc(-c2ccc(F)cc2)c1/C=C/[C@H](O)C[C@H](O)CC(=O)O)C([2H])([2H])[2H]. The number of carbonyl (C=O) groups is 1. The van der Waals surface area contributed by atoms with Gasteiger partial charge in [-0.2, -0.15) is 0 Å². The summed E-state index contributed by atoms with van der Waals surface area (Å²) in [6.45, 7) is -6.33. The third-order valence-corrected chi connectivity index (χ3v) is 5.70. The van der Waals surface area contributed by atoms with Gasteiger partial charge in [-0.25, -0.2) is 27.1 Å². The van der Waals surface area contributed by atoms with Crippen LogP contribution >= 0.6 is 0 Å². The molecular weight excluding hydrogens is 453 g/mol. The van der Waals surface area contributed by atoms with Crippen LogP contribution in [-0.2, 0) is 14.8 Å². The van der Waals surface area contributed by atoms with Crippen molar-refractivity contribution in [2.24, 2.45) is 0 Å². The highest BCUT2D eigenvalue weighted by molar-refractivity contribution is 7.92. The number of nitrogens with zero attached hydrogens (tertiary/aromatic N) is 3. The summed E-state index contributed by atoms with van der Waals surface area (Å²) in [5.74, 6) is -4.74. The monoisotopic (exact) mass is 487 g/mol. The molecule has 33 heavy (non-hydrogen) atoms. The number of hydrogen-bond acceptors (Lipinski definition) is 7. The molecule has 3 N–H and O–H groups in total. The van der Waals surface area contributed by atoms with E-state index < -0.39 is 78.1 Å². The van der Waals surface area contributed by atoms with E-state index in [9.17, 15) is 27.8 Å². The molecule has 0 aliphatic rings. The summed E-state index contributed by atoms with van der Waals surface area (Å²) >= 11 is 0. The summed E-state index contributed by atoms with van der Waals surface area (Å²) < 4.78 is 86.3. The molecule has 1 aromatic heterocycles. The van der Waals surface area contributed by atoms with Crippen molar-refractivity contribution in [3.8, 4) is 11.3 Å². The first-order valence-corrected chi connectivity index (χ1v) is 11.4. The number of benzene rings is 1. The smallest absolute Gasteiger partial charge is 0.305 e. The van der Waals surface area contributed by atoms with Gasteiger partial charge in [0.25, 0.3) is 0 Å². The second-order valence-corrected chi connectivity index (χ2v) is 9.27. The first-order valence-electron chi connectivity index (χ1n) is 12.6. The number of anilines is 1. The molecule has 0 aliphatic heterocycles. The molecule has 0 unspecified atom stereocenters. The Morgan fingerprint density at radius 1 is 1.24 bits per heavy atom. The number of halogens is 1. The Balaban J connectivity index is 2.91. The van der Waals surface area contributed by atoms with Gasteiger partial charge in [0.05, 0.1) is 36.3 Å². The molecule has 11 heteroatoms. The highest BCUT2D eigenvalue weighted by Crippen LogP contribution is 2.31. The van der Waals surface area contributed by atoms with Gasteiger partial charge in [-0.1, -0.05) is 25.9 Å². The van der Waals surface area contributed by atoms with Crippen LogP contribution in [0.3, 0.4) is 0 Å². The number of carboxylic acids is 1. The molecule has 0 saturated heterocycles. The summed E-state index contributed by atoms with van der Waals surface area (Å²) in [4.78, 5) is 19.1. The summed E-state index contributed by atoms with van der Waals surface area (Å²) in [7, 11) is -2.93. The average molecular weight is 488 g/mol. The minimum Gasteiger partial charge on any atom is -0.481 e. The summed E-state index contributed by atoms with van der Waals surface area (Å²) in [5.41, 5.74) is -0.850. The van der Waals surface area contributed by atoms with E-state index in [1.165, 1.54) is 12.1 Å². The zero-order chi connectivity index (χ0) is 29.9. The third-order valence-electron chi connectivity index (χ3n) is 4.54. The maximum absolute atomic E-state index is 13.7. The van der Waals surface area contributed by atoms with Gasteiger partial charge in [0.2, 0.25) is 16.0 Å². The van der Waals surface area contributed by atoms with Crippen molar-refractivity contribution in [1.82, 2.24) is 9.97 Å². The van der Waals surface area contributed by atoms with Crippen LogP contribution in [0.1, 0.15) is 51.9 Å². The Labute approximate surface area is 200 Å². The summed E-state index contributed by atoms with van der Waals surface area (Å²) in [6.07, 6.45) is -1.01. The topological polar surface area (TPSA) is 141 Å². The highest BCUT2D eigenvalue weighted by Gasteiger charge is 2.22. The lowest BCUT2D eigenvalue weighted by molar-refractivity contribution is -0.139. The van der Waals surface area contributed by atoms with Crippen molar-refractivity contribution >= 4 is 28.0 Å². The molecule has 1 heterocycles. The molecule has 0 saturated carbocycles. The Hall–Kier alpha value is -2.89. The fourth-order valence-electron chi connectivity index (χ4n) is 2.83. The Bertz CT molecular complexity index is 1310. The van der Waals surface area contributed by atoms with E-state index in [4.69, 9.17) is 13.3 Å². The van der Waals surface area contributed by atoms with Crippen LogP contribution in [0, 0.1) is 5.82 Å². The molecule has 2 atom stereocenters. The first kappa shape index (κ1) is 18.5. The van der Waals surface area contributed by atoms with Crippen molar-refractivity contribution < 1.29 is 41.1 Å². The minimum atomic E-state index is -4.00. The lowest BCUT2D eigenvalue weighted by atomic mass is 9.97. The average Bonchev–Trinajstić information content (AvgIpc) is 2.74. The second kappa shape index (κ2) is 10.8. The van der Waals surface area contributed by atoms with Gasteiger partial charge in [-0.3, -0.25) is 4.79 Å². The van der Waals surface area contributed by atoms with Crippen molar-refractivity contribution in [3.05, 3.63) is 47.4 Å². The van der Waals surface area contributed by atoms with E-state index in [-0.39, 0.29) is 16.8 Å². The van der Waals surface area contributed by atoms with Crippen LogP contribution in [0.25, 0.3) is 17.3 Å². The molecule has 2 rings (SSSR count). The molecule has 0 spiro atoms. The maximum Gasteiger partial charge on any atom is 0.305 e. The van der Waals surface area contributed by atoms with E-state index >= 15 is 0 Å². The molecule has 9 nitrogen and oxygen atoms in total. The zero-order valence-corrected chi connectivity index (χ0v) is 18.6. The molecule has 0 aliphatic carbocycles. The largest absolute Gasteiger partial charge is 0.481 e. The number of carboxylic acid groups (broad SMARTS) is 1. The van der Waals surface area contributed by atoms with E-state index in [0.29, 0.717) is 4.31 Å². The van der Waals surface area contributed by atoms with Gasteiger partial charge in [0, 0.05) is 32.8 Å². The zero-order valence-electron chi connectivity index (χ0n) is 23.8. The van der Waals surface area contributed by atoms with Gasteiger partial charge in [0.15, 0.2) is 0 Å². The number of rotatable bonds is 10. The number of aliphatic carboxylic acids is 1. The van der Waals surface area contributed by atoms with Gasteiger partial charge in [-0.05, 0) is 30.2 Å². The standard InChI is InChI=1S/C22H28FN3O6S/c1-13(2)20-18(10-9-16(27)11-17(28)12-19(29)30)21(14-5-7-15(23)8-6-14)25-22(24-20)26(3)33(4,31)32/h5-10,13,16-17,27-28H,11-12H2,1-4H3,(H,29,30)/b10-9+/t16-,17-/m0/s1/i1D3,2D3. The number of hydrogen-bond donors (Lipinski definition) is 3. The fraction of sp³-hybridized carbons (Fsp3) is 0.409. The number of aliphatic hydroxyl groups is 2. The van der Waals surface area contributed by atoms with Crippen LogP contribution in [-0.4, -0.2) is 65.2 Å². The van der Waals surface area contributed by atoms with Crippen molar-refractivity contribution in [3.63, 3.8) is 0 Å². The van der Waals surface area contributed by atoms with Crippen molar-refractivity contribution in [2.45, 2.75) is 44.7 Å². The Morgan fingerprint density at radius 2 is 1.88 bits per heavy atom. The third kappa shape index (κ3) is 7.31. The summed E-state index contributed by atoms with van der Waals surface area (Å²) in [5, 5.41) is 29.0. The van der Waals surface area contributed by atoms with Crippen LogP contribution in [0.2, 0.25) is 0 Å². The van der Waals surface area contributed by atoms with Crippen LogP contribution in [0.15, 0.2) is 30.3 Å². The minimum absolute atomic E-state index is 0.137. The van der Waals surface area contributed by atoms with Gasteiger partial charge < -0.3 is 15.3 Å². The molecule has 0 fully saturated rings. The van der Waals surface area contributed by atoms with Crippen molar-refractivity contribution in [1.29, 1.82) is 0 Å². The predicted octanol–water partition coefficient (Wildman–Crippen LogP) is 2.40. The molecule has 2 aromatic rings. The van der Waals surface area contributed by atoms with E-state index in [1.807, 2.05) is 0 Å². The van der Waals surface area contributed by atoms with Gasteiger partial charge >= 0.3 is 5.97 Å². The number of sulfonamides is 1. The molecule has 0 radical (unpaired) electrons. The van der Waals surface area contributed by atoms with Gasteiger partial charge in [0.1, 0.15) is 5.82 Å². The van der Waals surface area contributed by atoms with E-state index in [0.717, 1.165) is 37.6 Å². The highest BCUT2D eigenvalue weighted by atomic mass is 32.2. The lowest BCUT2D eigenvalue weighted by Crippen LogP contribution is -2.27. The van der Waals surface area contributed by atoms with Crippen LogP contribution in [0.5, 0.6) is 0 Å². The molecule has 0 amide bonds. The van der Waals surface area contributed by atoms with E-state index in [1.54, 1.807) is 0 Å². The first-order chi connectivity index (χ1) is 17.7. The van der Waals surface area contributed by atoms with Crippen LogP contribution in [0.4, 0.5) is 10.3 Å². The molecule has 1 aromatic carbocycles. The molecular formula is C22H28FN3O6S. The maximum atomic E-state index is 13.7. The second-order valence-electron chi connectivity index (χ2n) is 7.26. The normalized spacial score (nSPS) is 17.4. The summed E-state index contributed by atoms with van der Waals surface area (Å²) in [6, 6.07) is 4.59.